The molecule has 7 aromatic carbocycles. The van der Waals surface area contributed by atoms with Crippen molar-refractivity contribution in [1.82, 2.24) is 0 Å². The minimum absolute atomic E-state index is 0.902. The minimum Gasteiger partial charge on any atom is -0.455 e. The maximum absolute atomic E-state index is 6.41. The molecule has 42 heavy (non-hydrogen) atoms. The molecule has 0 N–H and O–H groups in total. The third-order valence-corrected chi connectivity index (χ3v) is 8.06. The Hall–Kier alpha value is -5.60. The number of para-hydroxylation sites is 2. The highest BCUT2D eigenvalue weighted by Gasteiger charge is 2.18. The molecule has 0 amide bonds. The summed E-state index contributed by atoms with van der Waals surface area (Å²) >= 11 is 0. The van der Waals surface area contributed by atoms with E-state index in [0.717, 1.165) is 55.5 Å². The standard InChI is InChI=1S/C40H27NO/c1-3-11-28(12-4-1)29-19-23-33(24-20-29)41(32-14-5-2-6-15-32)38-18-10-9-16-34(38)31-22-26-39-37(27-31)36-25-21-30-13-7-8-17-35(30)40(36)42-39/h1-27H. The Morgan fingerprint density at radius 3 is 1.88 bits per heavy atom. The number of rotatable bonds is 5. The van der Waals surface area contributed by atoms with Gasteiger partial charge in [0.05, 0.1) is 5.69 Å². The highest BCUT2D eigenvalue weighted by Crippen LogP contribution is 2.43. The number of hydrogen-bond donors (Lipinski definition) is 0. The Labute approximate surface area is 244 Å². The molecular weight excluding hydrogens is 510 g/mol. The average Bonchev–Trinajstić information content (AvgIpc) is 3.45. The molecule has 0 unspecified atom stereocenters. The van der Waals surface area contributed by atoms with Crippen molar-refractivity contribution in [2.24, 2.45) is 0 Å². The normalized spacial score (nSPS) is 11.3. The summed E-state index contributed by atoms with van der Waals surface area (Å²) in [4.78, 5) is 2.34. The van der Waals surface area contributed by atoms with E-state index in [4.69, 9.17) is 4.42 Å². The fraction of sp³-hybridized carbons (Fsp3) is 0. The number of fused-ring (bicyclic) bond motifs is 5. The van der Waals surface area contributed by atoms with Crippen molar-refractivity contribution in [2.75, 3.05) is 4.90 Å². The Morgan fingerprint density at radius 1 is 0.405 bits per heavy atom. The smallest absolute Gasteiger partial charge is 0.143 e. The molecule has 0 aliphatic rings. The van der Waals surface area contributed by atoms with E-state index in [2.05, 4.69) is 169 Å². The van der Waals surface area contributed by atoms with Gasteiger partial charge in [0.15, 0.2) is 0 Å². The molecule has 2 nitrogen and oxygen atoms in total. The van der Waals surface area contributed by atoms with Gasteiger partial charge in [0.2, 0.25) is 0 Å². The van der Waals surface area contributed by atoms with Gasteiger partial charge in [-0.15, -0.1) is 0 Å². The van der Waals surface area contributed by atoms with Gasteiger partial charge in [-0.05, 0) is 70.6 Å². The van der Waals surface area contributed by atoms with E-state index in [-0.39, 0.29) is 0 Å². The van der Waals surface area contributed by atoms with Crippen molar-refractivity contribution in [3.05, 3.63) is 164 Å². The molecular formula is C40H27NO. The summed E-state index contributed by atoms with van der Waals surface area (Å²) < 4.78 is 6.41. The van der Waals surface area contributed by atoms with E-state index in [9.17, 15) is 0 Å². The largest absolute Gasteiger partial charge is 0.455 e. The van der Waals surface area contributed by atoms with Crippen molar-refractivity contribution in [3.8, 4) is 22.3 Å². The Bertz CT molecular complexity index is 2180. The molecule has 0 saturated heterocycles. The topological polar surface area (TPSA) is 16.4 Å². The van der Waals surface area contributed by atoms with E-state index in [1.807, 2.05) is 0 Å². The summed E-state index contributed by atoms with van der Waals surface area (Å²) in [6.07, 6.45) is 0. The zero-order valence-electron chi connectivity index (χ0n) is 22.9. The fourth-order valence-corrected chi connectivity index (χ4v) is 6.02. The Balaban J connectivity index is 1.28. The number of anilines is 3. The van der Waals surface area contributed by atoms with Crippen LogP contribution in [0.4, 0.5) is 17.1 Å². The number of hydrogen-bond acceptors (Lipinski definition) is 2. The zero-order valence-corrected chi connectivity index (χ0v) is 22.9. The van der Waals surface area contributed by atoms with Gasteiger partial charge < -0.3 is 9.32 Å². The second-order valence-corrected chi connectivity index (χ2v) is 10.6. The summed E-state index contributed by atoms with van der Waals surface area (Å²) in [6, 6.07) is 57.9. The highest BCUT2D eigenvalue weighted by molar-refractivity contribution is 6.15. The molecule has 0 atom stereocenters. The van der Waals surface area contributed by atoms with Crippen LogP contribution in [0.3, 0.4) is 0 Å². The van der Waals surface area contributed by atoms with Gasteiger partial charge in [-0.25, -0.2) is 0 Å². The van der Waals surface area contributed by atoms with Crippen molar-refractivity contribution in [2.45, 2.75) is 0 Å². The van der Waals surface area contributed by atoms with Crippen LogP contribution in [0.1, 0.15) is 0 Å². The van der Waals surface area contributed by atoms with Crippen LogP contribution >= 0.6 is 0 Å². The molecule has 0 spiro atoms. The third-order valence-electron chi connectivity index (χ3n) is 8.06. The fourth-order valence-electron chi connectivity index (χ4n) is 6.02. The van der Waals surface area contributed by atoms with Gasteiger partial charge in [-0.1, -0.05) is 115 Å². The van der Waals surface area contributed by atoms with Gasteiger partial charge in [0.25, 0.3) is 0 Å². The van der Waals surface area contributed by atoms with Crippen molar-refractivity contribution >= 4 is 49.8 Å². The highest BCUT2D eigenvalue weighted by atomic mass is 16.3. The molecule has 1 aromatic heterocycles. The summed E-state index contributed by atoms with van der Waals surface area (Å²) in [6.45, 7) is 0. The van der Waals surface area contributed by atoms with Crippen LogP contribution in [0.2, 0.25) is 0 Å². The second-order valence-electron chi connectivity index (χ2n) is 10.6. The van der Waals surface area contributed by atoms with Crippen LogP contribution in [0.5, 0.6) is 0 Å². The molecule has 0 radical (unpaired) electrons. The zero-order chi connectivity index (χ0) is 27.9. The lowest BCUT2D eigenvalue weighted by atomic mass is 9.99. The van der Waals surface area contributed by atoms with Crippen LogP contribution < -0.4 is 4.90 Å². The first-order valence-electron chi connectivity index (χ1n) is 14.3. The molecule has 198 valence electrons. The minimum atomic E-state index is 0.902. The number of benzene rings is 7. The van der Waals surface area contributed by atoms with Crippen molar-refractivity contribution in [1.29, 1.82) is 0 Å². The lowest BCUT2D eigenvalue weighted by Gasteiger charge is -2.28. The van der Waals surface area contributed by atoms with E-state index in [1.54, 1.807) is 0 Å². The van der Waals surface area contributed by atoms with E-state index >= 15 is 0 Å². The van der Waals surface area contributed by atoms with Gasteiger partial charge in [0, 0.05) is 33.1 Å². The molecule has 0 bridgehead atoms. The molecule has 1 heterocycles. The Kier molecular flexibility index (Phi) is 5.82. The van der Waals surface area contributed by atoms with Crippen LogP contribution in [0.15, 0.2) is 168 Å². The molecule has 0 fully saturated rings. The van der Waals surface area contributed by atoms with Crippen LogP contribution in [-0.2, 0) is 0 Å². The predicted octanol–water partition coefficient (Wildman–Crippen LogP) is 11.5. The van der Waals surface area contributed by atoms with Gasteiger partial charge >= 0.3 is 0 Å². The predicted molar refractivity (Wildman–Crippen MR) is 177 cm³/mol. The quantitative estimate of drug-likeness (QED) is 0.217. The maximum atomic E-state index is 6.41. The summed E-state index contributed by atoms with van der Waals surface area (Å²) in [5.41, 5.74) is 9.90. The molecule has 0 aliphatic heterocycles. The van der Waals surface area contributed by atoms with E-state index in [1.165, 1.54) is 16.5 Å². The molecule has 2 heteroatoms. The Morgan fingerprint density at radius 2 is 1.05 bits per heavy atom. The van der Waals surface area contributed by atoms with Crippen molar-refractivity contribution < 1.29 is 4.42 Å². The SMILES string of the molecule is c1ccc(-c2ccc(N(c3ccccc3)c3ccccc3-c3ccc4oc5c6ccccc6ccc5c4c3)cc2)cc1. The monoisotopic (exact) mass is 537 g/mol. The number of nitrogens with zero attached hydrogens (tertiary/aromatic N) is 1. The first-order chi connectivity index (χ1) is 20.8. The van der Waals surface area contributed by atoms with E-state index < -0.39 is 0 Å². The first kappa shape index (κ1) is 24.2. The lowest BCUT2D eigenvalue weighted by molar-refractivity contribution is 0.672. The molecule has 8 rings (SSSR count). The number of furan rings is 1. The van der Waals surface area contributed by atoms with E-state index in [0.29, 0.717) is 0 Å². The van der Waals surface area contributed by atoms with Gasteiger partial charge in [-0.2, -0.15) is 0 Å². The second kappa shape index (κ2) is 10.1. The molecule has 8 aromatic rings. The molecule has 0 saturated carbocycles. The lowest BCUT2D eigenvalue weighted by Crippen LogP contribution is -2.11. The third kappa shape index (κ3) is 4.13. The van der Waals surface area contributed by atoms with Crippen LogP contribution in [-0.4, -0.2) is 0 Å². The maximum Gasteiger partial charge on any atom is 0.143 e. The molecule has 0 aliphatic carbocycles. The van der Waals surface area contributed by atoms with Gasteiger partial charge in [0.1, 0.15) is 11.2 Å². The average molecular weight is 538 g/mol. The summed E-state index contributed by atoms with van der Waals surface area (Å²) in [7, 11) is 0. The summed E-state index contributed by atoms with van der Waals surface area (Å²) in [5, 5.41) is 4.59. The van der Waals surface area contributed by atoms with Crippen LogP contribution in [0.25, 0.3) is 55.0 Å². The van der Waals surface area contributed by atoms with Crippen LogP contribution in [0, 0.1) is 0 Å². The van der Waals surface area contributed by atoms with Crippen molar-refractivity contribution in [3.63, 3.8) is 0 Å². The summed E-state index contributed by atoms with van der Waals surface area (Å²) in [5.74, 6) is 0. The first-order valence-corrected chi connectivity index (χ1v) is 14.3. The van der Waals surface area contributed by atoms with Gasteiger partial charge in [-0.3, -0.25) is 0 Å².